The molecular formula is C15H25NO. The van der Waals surface area contributed by atoms with Crippen LogP contribution in [0.1, 0.15) is 51.1 Å². The van der Waals surface area contributed by atoms with Crippen LogP contribution in [0.3, 0.4) is 0 Å². The average molecular weight is 235 g/mol. The van der Waals surface area contributed by atoms with Crippen LogP contribution in [0.25, 0.3) is 0 Å². The quantitative estimate of drug-likeness (QED) is 0.689. The van der Waals surface area contributed by atoms with Gasteiger partial charge in [0, 0.05) is 6.04 Å². The lowest BCUT2D eigenvalue weighted by molar-refractivity contribution is 0.339. The van der Waals surface area contributed by atoms with Gasteiger partial charge < -0.3 is 10.1 Å². The van der Waals surface area contributed by atoms with Gasteiger partial charge in [-0.3, -0.25) is 0 Å². The third kappa shape index (κ3) is 4.78. The molecule has 0 aliphatic carbocycles. The maximum atomic E-state index is 5.54. The molecular weight excluding hydrogens is 210 g/mol. The number of hydrogen-bond acceptors (Lipinski definition) is 2. The predicted octanol–water partition coefficient (Wildman–Crippen LogP) is 3.93. The van der Waals surface area contributed by atoms with Crippen molar-refractivity contribution in [3.8, 4) is 5.75 Å². The lowest BCUT2D eigenvalue weighted by atomic mass is 10.0. The third-order valence-corrected chi connectivity index (χ3v) is 3.02. The molecule has 0 saturated heterocycles. The van der Waals surface area contributed by atoms with E-state index < -0.39 is 0 Å². The van der Waals surface area contributed by atoms with Gasteiger partial charge in [0.05, 0.1) is 6.61 Å². The molecule has 2 nitrogen and oxygen atoms in total. The van der Waals surface area contributed by atoms with Gasteiger partial charge in [-0.1, -0.05) is 38.3 Å². The number of rotatable bonds is 8. The topological polar surface area (TPSA) is 21.3 Å². The Labute approximate surface area is 105 Å². The molecule has 0 aromatic heterocycles. The summed E-state index contributed by atoms with van der Waals surface area (Å²) in [5, 5.41) is 3.39. The van der Waals surface area contributed by atoms with E-state index in [-0.39, 0.29) is 0 Å². The van der Waals surface area contributed by atoms with Crippen molar-refractivity contribution in [2.45, 2.75) is 45.6 Å². The van der Waals surface area contributed by atoms with Crippen LogP contribution in [0.4, 0.5) is 0 Å². The minimum absolute atomic E-state index is 0.446. The van der Waals surface area contributed by atoms with E-state index in [9.17, 15) is 0 Å². The molecule has 0 aliphatic heterocycles. The van der Waals surface area contributed by atoms with Crippen molar-refractivity contribution in [1.82, 2.24) is 5.32 Å². The summed E-state index contributed by atoms with van der Waals surface area (Å²) >= 11 is 0. The molecule has 0 radical (unpaired) electrons. The summed E-state index contributed by atoms with van der Waals surface area (Å²) in [6, 6.07) is 8.87. The first-order valence-corrected chi connectivity index (χ1v) is 6.71. The van der Waals surface area contributed by atoms with Crippen molar-refractivity contribution in [2.24, 2.45) is 0 Å². The summed E-state index contributed by atoms with van der Waals surface area (Å²) in [6.07, 6.45) is 5.06. The van der Waals surface area contributed by atoms with Crippen LogP contribution < -0.4 is 10.1 Å². The van der Waals surface area contributed by atoms with Gasteiger partial charge in [0.1, 0.15) is 5.75 Å². The van der Waals surface area contributed by atoms with E-state index in [4.69, 9.17) is 4.74 Å². The average Bonchev–Trinajstić information content (AvgIpc) is 2.35. The highest BCUT2D eigenvalue weighted by Crippen LogP contribution is 2.23. The molecule has 17 heavy (non-hydrogen) atoms. The largest absolute Gasteiger partial charge is 0.494 e. The van der Waals surface area contributed by atoms with Gasteiger partial charge in [-0.15, -0.1) is 0 Å². The molecule has 1 rings (SSSR count). The molecule has 1 aromatic carbocycles. The van der Waals surface area contributed by atoms with Gasteiger partial charge in [-0.25, -0.2) is 0 Å². The first-order valence-electron chi connectivity index (χ1n) is 6.71. The molecule has 1 unspecified atom stereocenters. The van der Waals surface area contributed by atoms with E-state index in [0.717, 1.165) is 12.4 Å². The minimum Gasteiger partial charge on any atom is -0.494 e. The van der Waals surface area contributed by atoms with Crippen LogP contribution in [0.5, 0.6) is 5.75 Å². The zero-order valence-electron chi connectivity index (χ0n) is 11.3. The highest BCUT2D eigenvalue weighted by molar-refractivity contribution is 5.30. The molecule has 96 valence electrons. The second kappa shape index (κ2) is 8.13. The summed E-state index contributed by atoms with van der Waals surface area (Å²) in [5.74, 6) is 0.973. The van der Waals surface area contributed by atoms with Gasteiger partial charge >= 0.3 is 0 Å². The molecule has 0 bridgehead atoms. The Bertz CT molecular complexity index is 312. The zero-order chi connectivity index (χ0) is 12.5. The van der Waals surface area contributed by atoms with E-state index in [0.29, 0.717) is 6.04 Å². The Morgan fingerprint density at radius 1 is 1.24 bits per heavy atom. The van der Waals surface area contributed by atoms with Gasteiger partial charge in [-0.05, 0) is 38.1 Å². The second-order valence-electron chi connectivity index (χ2n) is 4.34. The van der Waals surface area contributed by atoms with Crippen LogP contribution in [-0.2, 0) is 0 Å². The Hall–Kier alpha value is -1.02. The standard InChI is InChI=1S/C15H25NO/c1-4-6-7-11-15(16-3)13-9-8-10-14(12-13)17-5-2/h8-10,12,15-16H,4-7,11H2,1-3H3. The van der Waals surface area contributed by atoms with E-state index in [1.165, 1.54) is 31.2 Å². The maximum absolute atomic E-state index is 5.54. The van der Waals surface area contributed by atoms with Crippen LogP contribution in [0, 0.1) is 0 Å². The summed E-state index contributed by atoms with van der Waals surface area (Å²) in [4.78, 5) is 0. The second-order valence-corrected chi connectivity index (χ2v) is 4.34. The highest BCUT2D eigenvalue weighted by Gasteiger charge is 2.09. The Morgan fingerprint density at radius 3 is 2.71 bits per heavy atom. The molecule has 0 saturated carbocycles. The number of benzene rings is 1. The highest BCUT2D eigenvalue weighted by atomic mass is 16.5. The van der Waals surface area contributed by atoms with Gasteiger partial charge in [-0.2, -0.15) is 0 Å². The molecule has 0 spiro atoms. The summed E-state index contributed by atoms with van der Waals surface area (Å²) < 4.78 is 5.54. The van der Waals surface area contributed by atoms with Crippen molar-refractivity contribution in [2.75, 3.05) is 13.7 Å². The number of unbranched alkanes of at least 4 members (excludes halogenated alkanes) is 2. The lowest BCUT2D eigenvalue weighted by Gasteiger charge is -2.17. The normalized spacial score (nSPS) is 12.4. The van der Waals surface area contributed by atoms with E-state index in [2.05, 4.69) is 30.4 Å². The van der Waals surface area contributed by atoms with Crippen LogP contribution in [0.2, 0.25) is 0 Å². The van der Waals surface area contributed by atoms with E-state index in [1.807, 2.05) is 20.0 Å². The smallest absolute Gasteiger partial charge is 0.119 e. The van der Waals surface area contributed by atoms with Crippen molar-refractivity contribution >= 4 is 0 Å². The number of ether oxygens (including phenoxy) is 1. The number of nitrogens with one attached hydrogen (secondary N) is 1. The molecule has 0 heterocycles. The zero-order valence-corrected chi connectivity index (χ0v) is 11.3. The minimum atomic E-state index is 0.446. The third-order valence-electron chi connectivity index (χ3n) is 3.02. The van der Waals surface area contributed by atoms with Gasteiger partial charge in [0.15, 0.2) is 0 Å². The summed E-state index contributed by atoms with van der Waals surface area (Å²) in [5.41, 5.74) is 1.33. The molecule has 1 atom stereocenters. The molecule has 0 aliphatic rings. The summed E-state index contributed by atoms with van der Waals surface area (Å²) in [7, 11) is 2.03. The fourth-order valence-corrected chi connectivity index (χ4v) is 2.06. The maximum Gasteiger partial charge on any atom is 0.119 e. The predicted molar refractivity (Wildman–Crippen MR) is 73.6 cm³/mol. The van der Waals surface area contributed by atoms with Gasteiger partial charge in [0.2, 0.25) is 0 Å². The first-order chi connectivity index (χ1) is 8.31. The van der Waals surface area contributed by atoms with Crippen molar-refractivity contribution in [3.05, 3.63) is 29.8 Å². The first kappa shape index (κ1) is 14.0. The fourth-order valence-electron chi connectivity index (χ4n) is 2.06. The van der Waals surface area contributed by atoms with Crippen molar-refractivity contribution in [1.29, 1.82) is 0 Å². The van der Waals surface area contributed by atoms with Crippen LogP contribution >= 0.6 is 0 Å². The molecule has 0 fully saturated rings. The molecule has 2 heteroatoms. The van der Waals surface area contributed by atoms with Crippen LogP contribution in [0.15, 0.2) is 24.3 Å². The summed E-state index contributed by atoms with van der Waals surface area (Å²) in [6.45, 7) is 4.98. The Kier molecular flexibility index (Phi) is 6.71. The van der Waals surface area contributed by atoms with Gasteiger partial charge in [0.25, 0.3) is 0 Å². The molecule has 1 aromatic rings. The Balaban J connectivity index is 2.63. The van der Waals surface area contributed by atoms with E-state index in [1.54, 1.807) is 0 Å². The monoisotopic (exact) mass is 235 g/mol. The molecule has 0 amide bonds. The van der Waals surface area contributed by atoms with E-state index >= 15 is 0 Å². The molecule has 1 N–H and O–H groups in total. The van der Waals surface area contributed by atoms with Crippen molar-refractivity contribution < 1.29 is 4.74 Å². The Morgan fingerprint density at radius 2 is 2.06 bits per heavy atom. The number of hydrogen-bond donors (Lipinski definition) is 1. The van der Waals surface area contributed by atoms with Crippen LogP contribution in [-0.4, -0.2) is 13.7 Å². The lowest BCUT2D eigenvalue weighted by Crippen LogP contribution is -2.16. The van der Waals surface area contributed by atoms with Crippen molar-refractivity contribution in [3.63, 3.8) is 0 Å². The SMILES string of the molecule is CCCCCC(NC)c1cccc(OCC)c1. The fraction of sp³-hybridized carbons (Fsp3) is 0.600.